The average molecular weight is 351 g/mol. The lowest BCUT2D eigenvalue weighted by Gasteiger charge is -2.32. The van der Waals surface area contributed by atoms with Crippen LogP contribution in [0.3, 0.4) is 0 Å². The molecule has 1 aromatic carbocycles. The van der Waals surface area contributed by atoms with E-state index < -0.39 is 18.2 Å². The minimum absolute atomic E-state index is 0.0208. The van der Waals surface area contributed by atoms with Crippen LogP contribution in [-0.2, 0) is 6.42 Å². The Balaban J connectivity index is 1.87. The number of hydrogen-bond donors (Lipinski definition) is 1. The zero-order valence-corrected chi connectivity index (χ0v) is 12.6. The van der Waals surface area contributed by atoms with Gasteiger partial charge in [0.2, 0.25) is 0 Å². The first-order valence-corrected chi connectivity index (χ1v) is 7.65. The largest absolute Gasteiger partial charge is 0.392 e. The van der Waals surface area contributed by atoms with Crippen LogP contribution < -0.4 is 0 Å². The Morgan fingerprint density at radius 3 is 2.40 bits per heavy atom. The smallest absolute Gasteiger partial charge is 0.391 e. The molecule has 1 aliphatic rings. The maximum Gasteiger partial charge on any atom is 0.391 e. The zero-order valence-electron chi connectivity index (χ0n) is 11.0. The highest BCUT2D eigenvalue weighted by atomic mass is 79.9. The molecule has 2 rings (SSSR count). The number of alkyl halides is 3. The van der Waals surface area contributed by atoms with Crippen molar-refractivity contribution in [2.24, 2.45) is 11.8 Å². The van der Waals surface area contributed by atoms with Crippen molar-refractivity contribution in [3.63, 3.8) is 0 Å². The summed E-state index contributed by atoms with van der Waals surface area (Å²) in [5.74, 6) is -1.20. The Hall–Kier alpha value is -0.550. The van der Waals surface area contributed by atoms with E-state index in [1.54, 1.807) is 0 Å². The minimum atomic E-state index is -4.08. The molecule has 1 N–H and O–H groups in total. The number of aliphatic hydroxyl groups excluding tert-OH is 1. The highest BCUT2D eigenvalue weighted by Gasteiger charge is 2.42. The lowest BCUT2D eigenvalue weighted by molar-refractivity contribution is -0.185. The molecule has 1 fully saturated rings. The third-order valence-electron chi connectivity index (χ3n) is 4.11. The molecule has 0 aliphatic heterocycles. The molecule has 0 radical (unpaired) electrons. The van der Waals surface area contributed by atoms with Crippen LogP contribution in [0.25, 0.3) is 0 Å². The van der Waals surface area contributed by atoms with E-state index >= 15 is 0 Å². The summed E-state index contributed by atoms with van der Waals surface area (Å²) in [7, 11) is 0. The summed E-state index contributed by atoms with van der Waals surface area (Å²) in [5, 5.41) is 10.2. The zero-order chi connectivity index (χ0) is 14.8. The fraction of sp³-hybridized carbons (Fsp3) is 0.600. The number of hydrogen-bond acceptors (Lipinski definition) is 1. The summed E-state index contributed by atoms with van der Waals surface area (Å²) >= 11 is 3.37. The minimum Gasteiger partial charge on any atom is -0.392 e. The van der Waals surface area contributed by atoms with E-state index in [2.05, 4.69) is 15.9 Å². The predicted octanol–water partition coefficient (Wildman–Crippen LogP) is 4.72. The molecule has 0 heterocycles. The predicted molar refractivity (Wildman–Crippen MR) is 75.4 cm³/mol. The van der Waals surface area contributed by atoms with E-state index in [4.69, 9.17) is 0 Å². The molecule has 0 aromatic heterocycles. The van der Waals surface area contributed by atoms with Crippen LogP contribution in [0.2, 0.25) is 0 Å². The van der Waals surface area contributed by atoms with Gasteiger partial charge in [-0.25, -0.2) is 0 Å². The number of rotatable bonds is 3. The van der Waals surface area contributed by atoms with E-state index in [1.807, 2.05) is 24.3 Å². The van der Waals surface area contributed by atoms with Gasteiger partial charge in [0, 0.05) is 4.47 Å². The van der Waals surface area contributed by atoms with Crippen molar-refractivity contribution in [2.75, 3.05) is 0 Å². The molecule has 5 heteroatoms. The normalized spacial score (nSPS) is 25.4. The van der Waals surface area contributed by atoms with Gasteiger partial charge in [-0.15, -0.1) is 0 Å². The monoisotopic (exact) mass is 350 g/mol. The molecule has 112 valence electrons. The molecular weight excluding hydrogens is 333 g/mol. The second-order valence-electron chi connectivity index (χ2n) is 5.55. The van der Waals surface area contributed by atoms with Crippen LogP contribution in [-0.4, -0.2) is 17.4 Å². The maximum absolute atomic E-state index is 12.6. The second-order valence-corrected chi connectivity index (χ2v) is 6.47. The van der Waals surface area contributed by atoms with Gasteiger partial charge < -0.3 is 5.11 Å². The van der Waals surface area contributed by atoms with E-state index in [-0.39, 0.29) is 18.8 Å². The lowest BCUT2D eigenvalue weighted by atomic mass is 9.78. The standard InChI is InChI=1S/C15H18BrF3O/c16-13-3-1-2-10(8-13)9-14(20)11-4-6-12(7-5-11)15(17,18)19/h1-3,8,11-12,14,20H,4-7,9H2. The van der Waals surface area contributed by atoms with Crippen molar-refractivity contribution < 1.29 is 18.3 Å². The first kappa shape index (κ1) is 15.8. The van der Waals surface area contributed by atoms with E-state index in [1.165, 1.54) is 0 Å². The molecule has 1 unspecified atom stereocenters. The van der Waals surface area contributed by atoms with Crippen molar-refractivity contribution in [1.29, 1.82) is 0 Å². The van der Waals surface area contributed by atoms with Crippen LogP contribution >= 0.6 is 15.9 Å². The van der Waals surface area contributed by atoms with Crippen LogP contribution in [0, 0.1) is 11.8 Å². The molecule has 1 aliphatic carbocycles. The van der Waals surface area contributed by atoms with Gasteiger partial charge >= 0.3 is 6.18 Å². The molecule has 0 amide bonds. The summed E-state index contributed by atoms with van der Waals surface area (Å²) in [6, 6.07) is 7.66. The summed E-state index contributed by atoms with van der Waals surface area (Å²) < 4.78 is 38.7. The summed E-state index contributed by atoms with van der Waals surface area (Å²) in [6.07, 6.45) is -2.94. The van der Waals surface area contributed by atoms with Gasteiger partial charge in [0.05, 0.1) is 12.0 Å². The van der Waals surface area contributed by atoms with Gasteiger partial charge in [0.15, 0.2) is 0 Å². The van der Waals surface area contributed by atoms with Gasteiger partial charge in [0.1, 0.15) is 0 Å². The molecular formula is C15H18BrF3O. The van der Waals surface area contributed by atoms with Gasteiger partial charge in [-0.05, 0) is 55.7 Å². The fourth-order valence-corrected chi connectivity index (χ4v) is 3.35. The quantitative estimate of drug-likeness (QED) is 0.835. The van der Waals surface area contributed by atoms with Gasteiger partial charge in [-0.2, -0.15) is 13.2 Å². The summed E-state index contributed by atoms with van der Waals surface area (Å²) in [4.78, 5) is 0. The highest BCUT2D eigenvalue weighted by molar-refractivity contribution is 9.10. The Labute approximate surface area is 125 Å². The van der Waals surface area contributed by atoms with Crippen molar-refractivity contribution >= 4 is 15.9 Å². The molecule has 0 bridgehead atoms. The van der Waals surface area contributed by atoms with Crippen LogP contribution in [0.15, 0.2) is 28.7 Å². The Bertz CT molecular complexity index is 439. The molecule has 0 spiro atoms. The summed E-state index contributed by atoms with van der Waals surface area (Å²) in [6.45, 7) is 0. The first-order chi connectivity index (χ1) is 9.36. The number of benzene rings is 1. The van der Waals surface area contributed by atoms with Crippen LogP contribution in [0.5, 0.6) is 0 Å². The molecule has 0 saturated heterocycles. The van der Waals surface area contributed by atoms with E-state index in [0.29, 0.717) is 19.3 Å². The van der Waals surface area contributed by atoms with E-state index in [0.717, 1.165) is 10.0 Å². The van der Waals surface area contributed by atoms with Gasteiger partial charge in [-0.1, -0.05) is 28.1 Å². The topological polar surface area (TPSA) is 20.2 Å². The third-order valence-corrected chi connectivity index (χ3v) is 4.61. The maximum atomic E-state index is 12.6. The van der Waals surface area contributed by atoms with Crippen LogP contribution in [0.4, 0.5) is 13.2 Å². The lowest BCUT2D eigenvalue weighted by Crippen LogP contribution is -2.32. The Kier molecular flexibility index (Phi) is 5.13. The molecule has 20 heavy (non-hydrogen) atoms. The number of halogens is 4. The van der Waals surface area contributed by atoms with Crippen molar-refractivity contribution in [2.45, 2.75) is 44.4 Å². The third kappa shape index (κ3) is 4.22. The van der Waals surface area contributed by atoms with Crippen molar-refractivity contribution in [1.82, 2.24) is 0 Å². The molecule has 1 nitrogen and oxygen atoms in total. The second kappa shape index (κ2) is 6.48. The van der Waals surface area contributed by atoms with E-state index in [9.17, 15) is 18.3 Å². The van der Waals surface area contributed by atoms with Crippen molar-refractivity contribution in [3.8, 4) is 0 Å². The Morgan fingerprint density at radius 1 is 1.20 bits per heavy atom. The molecule has 1 atom stereocenters. The highest BCUT2D eigenvalue weighted by Crippen LogP contribution is 2.40. The number of aliphatic hydroxyl groups is 1. The SMILES string of the molecule is OC(Cc1cccc(Br)c1)C1CCC(C(F)(F)F)CC1. The van der Waals surface area contributed by atoms with Gasteiger partial charge in [0.25, 0.3) is 0 Å². The fourth-order valence-electron chi connectivity index (χ4n) is 2.90. The van der Waals surface area contributed by atoms with Crippen LogP contribution in [0.1, 0.15) is 31.2 Å². The Morgan fingerprint density at radius 2 is 1.85 bits per heavy atom. The first-order valence-electron chi connectivity index (χ1n) is 6.85. The summed E-state index contributed by atoms with van der Waals surface area (Å²) in [5.41, 5.74) is 1.00. The average Bonchev–Trinajstić information content (AvgIpc) is 2.38. The van der Waals surface area contributed by atoms with Crippen molar-refractivity contribution in [3.05, 3.63) is 34.3 Å². The van der Waals surface area contributed by atoms with Gasteiger partial charge in [-0.3, -0.25) is 0 Å². The molecule has 1 aromatic rings. The molecule has 1 saturated carbocycles.